The van der Waals surface area contributed by atoms with E-state index in [-0.39, 0.29) is 18.7 Å². The number of rotatable bonds is 5. The van der Waals surface area contributed by atoms with E-state index in [0.717, 1.165) is 6.42 Å². The van der Waals surface area contributed by atoms with E-state index >= 15 is 0 Å². The van der Waals surface area contributed by atoms with E-state index in [9.17, 15) is 4.79 Å². The first-order chi connectivity index (χ1) is 7.22. The van der Waals surface area contributed by atoms with Gasteiger partial charge in [-0.1, -0.05) is 30.3 Å². The van der Waals surface area contributed by atoms with Gasteiger partial charge in [0.2, 0.25) is 0 Å². The number of carbonyl (C=O) groups is 1. The van der Waals surface area contributed by atoms with Crippen molar-refractivity contribution in [1.29, 1.82) is 0 Å². The molecule has 3 nitrogen and oxygen atoms in total. The third kappa shape index (κ3) is 4.61. The zero-order valence-electron chi connectivity index (χ0n) is 8.85. The molecular weight excluding hydrogens is 192 g/mol. The minimum Gasteiger partial charge on any atom is -0.460 e. The summed E-state index contributed by atoms with van der Waals surface area (Å²) in [5, 5.41) is 8.98. The first-order valence-electron chi connectivity index (χ1n) is 5.04. The second-order valence-electron chi connectivity index (χ2n) is 3.44. The quantitative estimate of drug-likeness (QED) is 0.747. The van der Waals surface area contributed by atoms with E-state index in [2.05, 4.69) is 0 Å². The maximum Gasteiger partial charge on any atom is 0.302 e. The van der Waals surface area contributed by atoms with Gasteiger partial charge in [0, 0.05) is 6.92 Å². The van der Waals surface area contributed by atoms with Crippen LogP contribution in [0.4, 0.5) is 0 Å². The van der Waals surface area contributed by atoms with Crippen molar-refractivity contribution in [3.63, 3.8) is 0 Å². The molecule has 15 heavy (non-hydrogen) atoms. The molecule has 1 aromatic rings. The Morgan fingerprint density at radius 2 is 2.07 bits per heavy atom. The number of aliphatic hydroxyl groups excluding tert-OH is 1. The Balaban J connectivity index is 2.37. The number of carbonyl (C=O) groups excluding carboxylic acids is 1. The van der Waals surface area contributed by atoms with Crippen LogP contribution in [0.25, 0.3) is 0 Å². The highest BCUT2D eigenvalue weighted by atomic mass is 16.5. The summed E-state index contributed by atoms with van der Waals surface area (Å²) in [6.07, 6.45) is 1.07. The average Bonchev–Trinajstić information content (AvgIpc) is 2.25. The predicted molar refractivity (Wildman–Crippen MR) is 57.4 cm³/mol. The summed E-state index contributed by atoms with van der Waals surface area (Å²) in [4.78, 5) is 10.7. The lowest BCUT2D eigenvalue weighted by atomic mass is 10.1. The van der Waals surface area contributed by atoms with Gasteiger partial charge in [-0.05, 0) is 18.4 Å². The average molecular weight is 208 g/mol. The lowest BCUT2D eigenvalue weighted by molar-refractivity contribution is -0.148. The number of aliphatic hydroxyl groups is 1. The predicted octanol–water partition coefficient (Wildman–Crippen LogP) is 1.54. The van der Waals surface area contributed by atoms with Crippen LogP contribution in [0, 0.1) is 0 Å². The summed E-state index contributed by atoms with van der Waals surface area (Å²) in [5.74, 6) is -0.345. The van der Waals surface area contributed by atoms with Gasteiger partial charge in [-0.2, -0.15) is 0 Å². The summed E-state index contributed by atoms with van der Waals surface area (Å²) in [7, 11) is 0. The molecule has 0 saturated carbocycles. The highest BCUT2D eigenvalue weighted by Gasteiger charge is 2.10. The molecule has 0 spiro atoms. The molecule has 0 saturated heterocycles. The van der Waals surface area contributed by atoms with Gasteiger partial charge in [0.05, 0.1) is 6.61 Å². The van der Waals surface area contributed by atoms with E-state index in [1.165, 1.54) is 12.5 Å². The van der Waals surface area contributed by atoms with Gasteiger partial charge in [-0.25, -0.2) is 0 Å². The molecule has 1 N–H and O–H groups in total. The maximum absolute atomic E-state index is 10.7. The van der Waals surface area contributed by atoms with E-state index in [1.807, 2.05) is 30.3 Å². The molecule has 0 heterocycles. The molecule has 0 aliphatic carbocycles. The lowest BCUT2D eigenvalue weighted by Crippen LogP contribution is -2.21. The van der Waals surface area contributed by atoms with Gasteiger partial charge in [0.25, 0.3) is 0 Å². The van der Waals surface area contributed by atoms with E-state index < -0.39 is 0 Å². The molecule has 0 fully saturated rings. The van der Waals surface area contributed by atoms with Gasteiger partial charge in [0.1, 0.15) is 6.10 Å². The summed E-state index contributed by atoms with van der Waals surface area (Å²) in [5.41, 5.74) is 1.18. The second-order valence-corrected chi connectivity index (χ2v) is 3.44. The van der Waals surface area contributed by atoms with Crippen LogP contribution in [0.5, 0.6) is 0 Å². The lowest BCUT2D eigenvalue weighted by Gasteiger charge is -2.13. The number of ether oxygens (including phenoxy) is 1. The molecule has 1 aromatic carbocycles. The van der Waals surface area contributed by atoms with Crippen molar-refractivity contribution in [1.82, 2.24) is 0 Å². The third-order valence-corrected chi connectivity index (χ3v) is 2.13. The normalized spacial score (nSPS) is 12.1. The molecule has 0 radical (unpaired) electrons. The Morgan fingerprint density at radius 1 is 1.40 bits per heavy atom. The molecule has 1 atom stereocenters. The van der Waals surface area contributed by atoms with Crippen molar-refractivity contribution in [2.24, 2.45) is 0 Å². The summed E-state index contributed by atoms with van der Waals surface area (Å²) in [6, 6.07) is 9.92. The number of benzene rings is 1. The zero-order chi connectivity index (χ0) is 11.1. The Labute approximate surface area is 89.7 Å². The van der Waals surface area contributed by atoms with Crippen molar-refractivity contribution in [2.45, 2.75) is 25.9 Å². The summed E-state index contributed by atoms with van der Waals surface area (Å²) < 4.78 is 4.93. The van der Waals surface area contributed by atoms with Gasteiger partial charge in [0.15, 0.2) is 0 Å². The van der Waals surface area contributed by atoms with Crippen LogP contribution < -0.4 is 0 Å². The molecule has 1 rings (SSSR count). The minimum absolute atomic E-state index is 0.119. The van der Waals surface area contributed by atoms with Crippen molar-refractivity contribution < 1.29 is 14.6 Å². The first-order valence-corrected chi connectivity index (χ1v) is 5.04. The van der Waals surface area contributed by atoms with Gasteiger partial charge in [-0.3, -0.25) is 4.79 Å². The Kier molecular flexibility index (Phi) is 4.84. The zero-order valence-corrected chi connectivity index (χ0v) is 8.85. The number of esters is 1. The maximum atomic E-state index is 10.7. The highest BCUT2D eigenvalue weighted by Crippen LogP contribution is 2.07. The fraction of sp³-hybridized carbons (Fsp3) is 0.417. The molecule has 1 unspecified atom stereocenters. The van der Waals surface area contributed by atoms with Crippen LogP contribution in [0.3, 0.4) is 0 Å². The molecule has 0 amide bonds. The second kappa shape index (κ2) is 6.19. The minimum atomic E-state index is -0.386. The van der Waals surface area contributed by atoms with Crippen molar-refractivity contribution >= 4 is 5.97 Å². The van der Waals surface area contributed by atoms with Crippen molar-refractivity contribution in [2.75, 3.05) is 6.61 Å². The largest absolute Gasteiger partial charge is 0.460 e. The molecule has 0 aliphatic rings. The van der Waals surface area contributed by atoms with Crippen molar-refractivity contribution in [3.8, 4) is 0 Å². The Morgan fingerprint density at radius 3 is 2.60 bits per heavy atom. The van der Waals surface area contributed by atoms with Crippen LogP contribution >= 0.6 is 0 Å². The standard InChI is InChI=1S/C12H16O3/c1-10(14)15-12(9-13)8-7-11-5-3-2-4-6-11/h2-6,12-13H,7-9H2,1H3. The van der Waals surface area contributed by atoms with Crippen LogP contribution in [0.1, 0.15) is 18.9 Å². The summed E-state index contributed by atoms with van der Waals surface area (Å²) in [6.45, 7) is 1.23. The molecule has 0 aliphatic heterocycles. The SMILES string of the molecule is CC(=O)OC(CO)CCc1ccccc1. The summed E-state index contributed by atoms with van der Waals surface area (Å²) >= 11 is 0. The topological polar surface area (TPSA) is 46.5 Å². The van der Waals surface area contributed by atoms with Crippen molar-refractivity contribution in [3.05, 3.63) is 35.9 Å². The number of aryl methyl sites for hydroxylation is 1. The van der Waals surface area contributed by atoms with Gasteiger partial charge < -0.3 is 9.84 Å². The van der Waals surface area contributed by atoms with E-state index in [4.69, 9.17) is 9.84 Å². The van der Waals surface area contributed by atoms with Crippen LogP contribution in [0.2, 0.25) is 0 Å². The Bertz CT molecular complexity index is 295. The molecule has 0 aromatic heterocycles. The molecule has 3 heteroatoms. The van der Waals surface area contributed by atoms with Crippen LogP contribution in [-0.2, 0) is 16.0 Å². The molecule has 0 bridgehead atoms. The molecular formula is C12H16O3. The van der Waals surface area contributed by atoms with Crippen LogP contribution in [0.15, 0.2) is 30.3 Å². The number of hydrogen-bond donors (Lipinski definition) is 1. The van der Waals surface area contributed by atoms with E-state index in [1.54, 1.807) is 0 Å². The monoisotopic (exact) mass is 208 g/mol. The molecule has 82 valence electrons. The van der Waals surface area contributed by atoms with Crippen LogP contribution in [-0.4, -0.2) is 23.8 Å². The van der Waals surface area contributed by atoms with E-state index in [0.29, 0.717) is 6.42 Å². The number of hydrogen-bond acceptors (Lipinski definition) is 3. The third-order valence-electron chi connectivity index (χ3n) is 2.13. The smallest absolute Gasteiger partial charge is 0.302 e. The Hall–Kier alpha value is -1.35. The van der Waals surface area contributed by atoms with Gasteiger partial charge in [-0.15, -0.1) is 0 Å². The fourth-order valence-electron chi connectivity index (χ4n) is 1.39. The first kappa shape index (κ1) is 11.7. The fourth-order valence-corrected chi connectivity index (χ4v) is 1.39. The highest BCUT2D eigenvalue weighted by molar-refractivity contribution is 5.66. The van der Waals surface area contributed by atoms with Gasteiger partial charge >= 0.3 is 5.97 Å².